The number of carbonyl (C=O) groups is 1. The SMILES string of the molecule is Cc1ccc2sc(N(Cc3ccccc3)C(=O)c3ccc(S(=O)(=O)N4CCCc5ccccc54)cc3)nc2c1C. The molecule has 8 heteroatoms. The molecule has 40 heavy (non-hydrogen) atoms. The minimum Gasteiger partial charge on any atom is -0.279 e. The Labute approximate surface area is 238 Å². The number of fused-ring (bicyclic) bond motifs is 2. The predicted molar refractivity (Wildman–Crippen MR) is 162 cm³/mol. The van der Waals surface area contributed by atoms with E-state index in [2.05, 4.69) is 13.0 Å². The van der Waals surface area contributed by atoms with Crippen molar-refractivity contribution in [2.75, 3.05) is 15.7 Å². The molecule has 0 spiro atoms. The molecule has 202 valence electrons. The van der Waals surface area contributed by atoms with Gasteiger partial charge < -0.3 is 0 Å². The van der Waals surface area contributed by atoms with Gasteiger partial charge in [-0.3, -0.25) is 14.0 Å². The summed E-state index contributed by atoms with van der Waals surface area (Å²) in [7, 11) is -3.77. The summed E-state index contributed by atoms with van der Waals surface area (Å²) in [5.74, 6) is -0.232. The first kappa shape index (κ1) is 26.2. The van der Waals surface area contributed by atoms with Crippen LogP contribution in [0.15, 0.2) is 95.9 Å². The first-order valence-electron chi connectivity index (χ1n) is 13.3. The molecule has 0 bridgehead atoms. The zero-order chi connectivity index (χ0) is 27.9. The second-order valence-electron chi connectivity index (χ2n) is 10.1. The summed E-state index contributed by atoms with van der Waals surface area (Å²) in [6.45, 7) is 4.88. The molecule has 6 nitrogen and oxygen atoms in total. The Morgan fingerprint density at radius 3 is 2.42 bits per heavy atom. The lowest BCUT2D eigenvalue weighted by Gasteiger charge is -2.30. The van der Waals surface area contributed by atoms with Crippen molar-refractivity contribution in [2.45, 2.75) is 38.1 Å². The molecule has 1 aliphatic heterocycles. The smallest absolute Gasteiger partial charge is 0.264 e. The van der Waals surface area contributed by atoms with Crippen LogP contribution in [0.2, 0.25) is 0 Å². The molecule has 1 aromatic heterocycles. The van der Waals surface area contributed by atoms with Crippen molar-refractivity contribution in [3.8, 4) is 0 Å². The average molecular weight is 568 g/mol. The number of thiazole rings is 1. The number of aryl methyl sites for hydroxylation is 3. The van der Waals surface area contributed by atoms with Gasteiger partial charge >= 0.3 is 0 Å². The van der Waals surface area contributed by atoms with Crippen LogP contribution in [0.5, 0.6) is 0 Å². The fourth-order valence-electron chi connectivity index (χ4n) is 5.12. The van der Waals surface area contributed by atoms with Crippen molar-refractivity contribution >= 4 is 48.3 Å². The van der Waals surface area contributed by atoms with Gasteiger partial charge in [0.05, 0.1) is 27.3 Å². The fraction of sp³-hybridized carbons (Fsp3) is 0.188. The van der Waals surface area contributed by atoms with E-state index in [1.807, 2.05) is 67.6 Å². The van der Waals surface area contributed by atoms with E-state index in [-0.39, 0.29) is 10.8 Å². The van der Waals surface area contributed by atoms with Crippen LogP contribution in [0.1, 0.15) is 39.0 Å². The molecule has 1 aliphatic rings. The zero-order valence-corrected chi connectivity index (χ0v) is 24.0. The number of amides is 1. The van der Waals surface area contributed by atoms with Gasteiger partial charge in [-0.05, 0) is 85.3 Å². The predicted octanol–water partition coefficient (Wildman–Crippen LogP) is 6.90. The summed E-state index contributed by atoms with van der Waals surface area (Å²) >= 11 is 1.48. The van der Waals surface area contributed by atoms with E-state index in [1.165, 1.54) is 27.8 Å². The van der Waals surface area contributed by atoms with Crippen molar-refractivity contribution in [2.24, 2.45) is 0 Å². The van der Waals surface area contributed by atoms with Gasteiger partial charge in [0.15, 0.2) is 5.13 Å². The van der Waals surface area contributed by atoms with Crippen LogP contribution in [0, 0.1) is 13.8 Å². The molecule has 0 radical (unpaired) electrons. The van der Waals surface area contributed by atoms with Gasteiger partial charge in [0.25, 0.3) is 15.9 Å². The maximum atomic E-state index is 13.9. The van der Waals surface area contributed by atoms with Gasteiger partial charge in [-0.25, -0.2) is 13.4 Å². The number of hydrogen-bond donors (Lipinski definition) is 0. The lowest BCUT2D eigenvalue weighted by Crippen LogP contribution is -2.35. The summed E-state index contributed by atoms with van der Waals surface area (Å²) in [4.78, 5) is 20.7. The summed E-state index contributed by atoms with van der Waals surface area (Å²) in [6, 6.07) is 27.8. The van der Waals surface area contributed by atoms with Crippen molar-refractivity contribution in [1.82, 2.24) is 4.98 Å². The largest absolute Gasteiger partial charge is 0.279 e. The van der Waals surface area contributed by atoms with Crippen LogP contribution in [0.4, 0.5) is 10.8 Å². The first-order chi connectivity index (χ1) is 19.3. The number of sulfonamides is 1. The summed E-state index contributed by atoms with van der Waals surface area (Å²) < 4.78 is 29.7. The van der Waals surface area contributed by atoms with E-state index in [0.29, 0.717) is 23.8 Å². The third kappa shape index (κ3) is 4.78. The molecule has 0 saturated carbocycles. The number of benzene rings is 4. The maximum absolute atomic E-state index is 13.9. The Balaban J connectivity index is 1.34. The number of aromatic nitrogens is 1. The minimum absolute atomic E-state index is 0.168. The Bertz CT molecular complexity index is 1810. The normalized spacial score (nSPS) is 13.3. The van der Waals surface area contributed by atoms with E-state index >= 15 is 0 Å². The second-order valence-corrected chi connectivity index (χ2v) is 12.9. The molecule has 4 aromatic carbocycles. The zero-order valence-electron chi connectivity index (χ0n) is 22.4. The molecule has 0 aliphatic carbocycles. The first-order valence-corrected chi connectivity index (χ1v) is 15.5. The van der Waals surface area contributed by atoms with Crippen LogP contribution < -0.4 is 9.21 Å². The standard InChI is InChI=1S/C32H29N3O3S2/c1-22-14-19-29-30(23(22)2)33-32(39-29)34(21-24-9-4-3-5-10-24)31(36)26-15-17-27(18-16-26)40(37,38)35-20-8-12-25-11-6-7-13-28(25)35/h3-7,9-11,13-19H,8,12,20-21H2,1-2H3. The number of para-hydroxylation sites is 1. The maximum Gasteiger partial charge on any atom is 0.264 e. The van der Waals surface area contributed by atoms with Crippen LogP contribution >= 0.6 is 11.3 Å². The van der Waals surface area contributed by atoms with E-state index in [1.54, 1.807) is 17.0 Å². The molecule has 0 fully saturated rings. The van der Waals surface area contributed by atoms with Gasteiger partial charge in [-0.1, -0.05) is 65.9 Å². The molecule has 0 unspecified atom stereocenters. The molecule has 5 aromatic rings. The van der Waals surface area contributed by atoms with E-state index in [4.69, 9.17) is 4.98 Å². The number of nitrogens with zero attached hydrogens (tertiary/aromatic N) is 3. The van der Waals surface area contributed by atoms with Gasteiger partial charge in [0.1, 0.15) is 0 Å². The van der Waals surface area contributed by atoms with E-state index in [9.17, 15) is 13.2 Å². The topological polar surface area (TPSA) is 70.6 Å². The minimum atomic E-state index is -3.77. The van der Waals surface area contributed by atoms with Gasteiger partial charge in [0.2, 0.25) is 0 Å². The highest BCUT2D eigenvalue weighted by atomic mass is 32.2. The van der Waals surface area contributed by atoms with Crippen molar-refractivity contribution in [3.05, 3.63) is 119 Å². The summed E-state index contributed by atoms with van der Waals surface area (Å²) in [6.07, 6.45) is 1.63. The third-order valence-electron chi connectivity index (χ3n) is 7.49. The molecule has 2 heterocycles. The Kier molecular flexibility index (Phi) is 6.90. The molecule has 0 N–H and O–H groups in total. The fourth-order valence-corrected chi connectivity index (χ4v) is 7.69. The molecule has 1 amide bonds. The Morgan fingerprint density at radius 1 is 0.925 bits per heavy atom. The van der Waals surface area contributed by atoms with Crippen molar-refractivity contribution in [3.63, 3.8) is 0 Å². The van der Waals surface area contributed by atoms with E-state index in [0.717, 1.165) is 51.0 Å². The van der Waals surface area contributed by atoms with Crippen LogP contribution in [0.25, 0.3) is 10.2 Å². The summed E-state index contributed by atoms with van der Waals surface area (Å²) in [5, 5.41) is 0.610. The van der Waals surface area contributed by atoms with Gasteiger partial charge in [0, 0.05) is 12.1 Å². The molecule has 6 rings (SSSR count). The van der Waals surface area contributed by atoms with Gasteiger partial charge in [-0.15, -0.1) is 0 Å². The Morgan fingerprint density at radius 2 is 1.65 bits per heavy atom. The van der Waals surface area contributed by atoms with E-state index < -0.39 is 10.0 Å². The molecular formula is C32H29N3O3S2. The molecule has 0 atom stereocenters. The quantitative estimate of drug-likeness (QED) is 0.224. The van der Waals surface area contributed by atoms with Crippen LogP contribution in [-0.4, -0.2) is 25.9 Å². The number of carbonyl (C=O) groups excluding carboxylic acids is 1. The number of anilines is 2. The van der Waals surface area contributed by atoms with Crippen LogP contribution in [0.3, 0.4) is 0 Å². The lowest BCUT2D eigenvalue weighted by molar-refractivity contribution is 0.0985. The highest BCUT2D eigenvalue weighted by molar-refractivity contribution is 7.92. The Hall–Kier alpha value is -4.01. The monoisotopic (exact) mass is 567 g/mol. The average Bonchev–Trinajstić information content (AvgIpc) is 3.42. The van der Waals surface area contributed by atoms with Gasteiger partial charge in [-0.2, -0.15) is 0 Å². The van der Waals surface area contributed by atoms with Crippen molar-refractivity contribution in [1.29, 1.82) is 0 Å². The molecule has 0 saturated heterocycles. The van der Waals surface area contributed by atoms with Crippen molar-refractivity contribution < 1.29 is 13.2 Å². The highest BCUT2D eigenvalue weighted by Gasteiger charge is 2.29. The number of rotatable bonds is 6. The lowest BCUT2D eigenvalue weighted by atomic mass is 10.0. The highest BCUT2D eigenvalue weighted by Crippen LogP contribution is 2.34. The second kappa shape index (κ2) is 10.5. The molecular weight excluding hydrogens is 539 g/mol. The third-order valence-corrected chi connectivity index (χ3v) is 10.4. The number of hydrogen-bond acceptors (Lipinski definition) is 5. The van der Waals surface area contributed by atoms with Crippen LogP contribution in [-0.2, 0) is 23.0 Å². The summed E-state index contributed by atoms with van der Waals surface area (Å²) in [5.41, 5.74) is 6.28.